The van der Waals surface area contributed by atoms with Gasteiger partial charge < -0.3 is 19.3 Å². The number of ether oxygens (including phenoxy) is 3. The van der Waals surface area contributed by atoms with Gasteiger partial charge in [-0.1, -0.05) is 24.3 Å². The summed E-state index contributed by atoms with van der Waals surface area (Å²) in [6.07, 6.45) is -1.31. The van der Waals surface area contributed by atoms with E-state index < -0.39 is 18.1 Å². The summed E-state index contributed by atoms with van der Waals surface area (Å²) in [6, 6.07) is 11.7. The first kappa shape index (κ1) is 15.8. The first-order valence-electron chi connectivity index (χ1n) is 7.62. The molecule has 5 nitrogen and oxygen atoms in total. The molecule has 1 aliphatic rings. The van der Waals surface area contributed by atoms with Crippen molar-refractivity contribution in [2.75, 3.05) is 20.3 Å². The maximum absolute atomic E-state index is 12.3. The smallest absolute Gasteiger partial charge is 0.313 e. The van der Waals surface area contributed by atoms with Crippen molar-refractivity contribution in [2.45, 2.75) is 25.0 Å². The van der Waals surface area contributed by atoms with Gasteiger partial charge in [-0.05, 0) is 35.4 Å². The Morgan fingerprint density at radius 1 is 1.22 bits per heavy atom. The van der Waals surface area contributed by atoms with E-state index in [0.29, 0.717) is 0 Å². The zero-order valence-electron chi connectivity index (χ0n) is 13.2. The molecule has 1 fully saturated rings. The fraction of sp³-hybridized carbons (Fsp3) is 0.389. The second-order valence-corrected chi connectivity index (χ2v) is 5.77. The van der Waals surface area contributed by atoms with E-state index in [1.165, 1.54) is 0 Å². The lowest BCUT2D eigenvalue weighted by Gasteiger charge is -2.18. The largest absolute Gasteiger partial charge is 0.497 e. The van der Waals surface area contributed by atoms with E-state index in [9.17, 15) is 9.90 Å². The lowest BCUT2D eigenvalue weighted by molar-refractivity contribution is -0.154. The van der Waals surface area contributed by atoms with Gasteiger partial charge >= 0.3 is 5.97 Å². The minimum atomic E-state index is -0.741. The molecule has 0 aromatic heterocycles. The van der Waals surface area contributed by atoms with Gasteiger partial charge in [-0.3, -0.25) is 4.79 Å². The van der Waals surface area contributed by atoms with Crippen molar-refractivity contribution in [3.8, 4) is 5.75 Å². The molecule has 0 spiro atoms. The van der Waals surface area contributed by atoms with Crippen LogP contribution in [0.25, 0.3) is 10.8 Å². The van der Waals surface area contributed by atoms with Crippen LogP contribution >= 0.6 is 0 Å². The van der Waals surface area contributed by atoms with Crippen LogP contribution in [0.3, 0.4) is 0 Å². The molecule has 0 aliphatic carbocycles. The van der Waals surface area contributed by atoms with Crippen molar-refractivity contribution in [1.82, 2.24) is 0 Å². The second-order valence-electron chi connectivity index (χ2n) is 5.77. The summed E-state index contributed by atoms with van der Waals surface area (Å²) >= 11 is 0. The number of carbonyl (C=O) groups is 1. The molecule has 23 heavy (non-hydrogen) atoms. The molecule has 2 aromatic rings. The van der Waals surface area contributed by atoms with Crippen LogP contribution in [-0.4, -0.2) is 43.6 Å². The molecule has 1 aliphatic heterocycles. The Hall–Kier alpha value is -2.11. The number of aliphatic hydroxyl groups excluding tert-OH is 1. The van der Waals surface area contributed by atoms with E-state index in [2.05, 4.69) is 0 Å². The zero-order valence-corrected chi connectivity index (χ0v) is 13.2. The third-order valence-corrected chi connectivity index (χ3v) is 4.19. The maximum atomic E-state index is 12.3. The standard InChI is InChI=1S/C18H20O5/c1-11(18(20)23-17-10-22-9-16(17)19)12-3-4-14-8-15(21-2)6-5-13(14)7-12/h3-8,11,16-17,19H,9-10H2,1-2H3. The molecule has 3 rings (SSSR count). The summed E-state index contributed by atoms with van der Waals surface area (Å²) in [5.41, 5.74) is 0.876. The molecular formula is C18H20O5. The summed E-state index contributed by atoms with van der Waals surface area (Å²) in [5, 5.41) is 11.8. The summed E-state index contributed by atoms with van der Waals surface area (Å²) in [6.45, 7) is 2.26. The number of aliphatic hydroxyl groups is 1. The molecule has 1 heterocycles. The van der Waals surface area contributed by atoms with E-state index in [4.69, 9.17) is 14.2 Å². The number of rotatable bonds is 4. The van der Waals surface area contributed by atoms with Crippen LogP contribution < -0.4 is 4.74 Å². The lowest BCUT2D eigenvalue weighted by Crippen LogP contribution is -2.31. The van der Waals surface area contributed by atoms with Crippen LogP contribution in [0, 0.1) is 0 Å². The van der Waals surface area contributed by atoms with Crippen LogP contribution in [0.4, 0.5) is 0 Å². The number of hydrogen-bond acceptors (Lipinski definition) is 5. The van der Waals surface area contributed by atoms with E-state index in [1.54, 1.807) is 14.0 Å². The van der Waals surface area contributed by atoms with Gasteiger partial charge in [-0.25, -0.2) is 0 Å². The molecule has 1 N–H and O–H groups in total. The van der Waals surface area contributed by atoms with Crippen LogP contribution in [0.1, 0.15) is 18.4 Å². The van der Waals surface area contributed by atoms with Crippen LogP contribution in [0.15, 0.2) is 36.4 Å². The predicted molar refractivity (Wildman–Crippen MR) is 85.6 cm³/mol. The average Bonchev–Trinajstić information content (AvgIpc) is 2.98. The van der Waals surface area contributed by atoms with Gasteiger partial charge in [0.15, 0.2) is 6.10 Å². The van der Waals surface area contributed by atoms with Crippen molar-refractivity contribution in [3.05, 3.63) is 42.0 Å². The molecule has 5 heteroatoms. The predicted octanol–water partition coefficient (Wildman–Crippen LogP) is 2.25. The Kier molecular flexibility index (Phi) is 4.50. The fourth-order valence-corrected chi connectivity index (χ4v) is 2.66. The molecule has 3 atom stereocenters. The number of carbonyl (C=O) groups excluding carboxylic acids is 1. The van der Waals surface area contributed by atoms with Crippen LogP contribution in [-0.2, 0) is 14.3 Å². The van der Waals surface area contributed by atoms with Gasteiger partial charge in [-0.2, -0.15) is 0 Å². The molecule has 2 aromatic carbocycles. The number of fused-ring (bicyclic) bond motifs is 1. The quantitative estimate of drug-likeness (QED) is 0.877. The SMILES string of the molecule is COc1ccc2cc(C(C)C(=O)OC3COCC3O)ccc2c1. The minimum absolute atomic E-state index is 0.212. The van der Waals surface area contributed by atoms with E-state index in [0.717, 1.165) is 22.1 Å². The van der Waals surface area contributed by atoms with Crippen molar-refractivity contribution < 1.29 is 24.1 Å². The highest BCUT2D eigenvalue weighted by molar-refractivity contribution is 5.86. The Bertz CT molecular complexity index is 712. The second kappa shape index (κ2) is 6.56. The van der Waals surface area contributed by atoms with Crippen molar-refractivity contribution in [1.29, 1.82) is 0 Å². The zero-order chi connectivity index (χ0) is 16.4. The topological polar surface area (TPSA) is 65.0 Å². The molecule has 1 saturated heterocycles. The normalized spacial score (nSPS) is 22.0. The van der Waals surface area contributed by atoms with Crippen LogP contribution in [0.2, 0.25) is 0 Å². The Morgan fingerprint density at radius 2 is 1.96 bits per heavy atom. The van der Waals surface area contributed by atoms with E-state index in [1.807, 2.05) is 36.4 Å². The first-order valence-corrected chi connectivity index (χ1v) is 7.62. The molecule has 0 amide bonds. The summed E-state index contributed by atoms with van der Waals surface area (Å²) < 4.78 is 15.7. The fourth-order valence-electron chi connectivity index (χ4n) is 2.66. The number of methoxy groups -OCH3 is 1. The van der Waals surface area contributed by atoms with Crippen molar-refractivity contribution >= 4 is 16.7 Å². The molecular weight excluding hydrogens is 296 g/mol. The molecule has 3 unspecified atom stereocenters. The lowest BCUT2D eigenvalue weighted by atomic mass is 9.97. The van der Waals surface area contributed by atoms with Gasteiger partial charge in [0.25, 0.3) is 0 Å². The van der Waals surface area contributed by atoms with Crippen LogP contribution in [0.5, 0.6) is 5.75 Å². The van der Waals surface area contributed by atoms with Gasteiger partial charge in [0.05, 0.1) is 26.2 Å². The highest BCUT2D eigenvalue weighted by atomic mass is 16.6. The van der Waals surface area contributed by atoms with E-state index in [-0.39, 0.29) is 19.2 Å². The monoisotopic (exact) mass is 316 g/mol. The highest BCUT2D eigenvalue weighted by Crippen LogP contribution is 2.26. The summed E-state index contributed by atoms with van der Waals surface area (Å²) in [4.78, 5) is 12.3. The number of benzene rings is 2. The third-order valence-electron chi connectivity index (χ3n) is 4.19. The average molecular weight is 316 g/mol. The van der Waals surface area contributed by atoms with Crippen molar-refractivity contribution in [3.63, 3.8) is 0 Å². The number of esters is 1. The number of hydrogen-bond donors (Lipinski definition) is 1. The van der Waals surface area contributed by atoms with Gasteiger partial charge in [0.2, 0.25) is 0 Å². The minimum Gasteiger partial charge on any atom is -0.497 e. The molecule has 0 bridgehead atoms. The highest BCUT2D eigenvalue weighted by Gasteiger charge is 2.31. The van der Waals surface area contributed by atoms with Gasteiger partial charge in [0.1, 0.15) is 11.9 Å². The third kappa shape index (κ3) is 3.30. The van der Waals surface area contributed by atoms with Gasteiger partial charge in [0, 0.05) is 0 Å². The summed E-state index contributed by atoms with van der Waals surface area (Å²) in [5.74, 6) is 0.0367. The van der Waals surface area contributed by atoms with Crippen molar-refractivity contribution in [2.24, 2.45) is 0 Å². The molecule has 122 valence electrons. The van der Waals surface area contributed by atoms with E-state index >= 15 is 0 Å². The molecule has 0 saturated carbocycles. The summed E-state index contributed by atoms with van der Waals surface area (Å²) in [7, 11) is 1.63. The molecule has 0 radical (unpaired) electrons. The first-order chi connectivity index (χ1) is 11.1. The Morgan fingerprint density at radius 3 is 2.65 bits per heavy atom. The Balaban J connectivity index is 1.77. The maximum Gasteiger partial charge on any atom is 0.313 e. The van der Waals surface area contributed by atoms with Gasteiger partial charge in [-0.15, -0.1) is 0 Å². The Labute approximate surface area is 134 Å².